The van der Waals surface area contributed by atoms with Gasteiger partial charge in [0.25, 0.3) is 0 Å². The van der Waals surface area contributed by atoms with Gasteiger partial charge in [-0.05, 0) is 45.1 Å². The highest BCUT2D eigenvalue weighted by atomic mass is 35.5. The van der Waals surface area contributed by atoms with E-state index in [4.69, 9.17) is 16.3 Å². The standard InChI is InChI=1S/C11H16ClNO/c1-9(6-7-13-2)14-11-5-3-4-10(12)8-11/h3-5,8-9,13H,6-7H2,1-2H3. The van der Waals surface area contributed by atoms with Crippen LogP contribution >= 0.6 is 11.6 Å². The minimum Gasteiger partial charge on any atom is -0.491 e. The fourth-order valence-electron chi connectivity index (χ4n) is 1.18. The molecule has 2 nitrogen and oxygen atoms in total. The van der Waals surface area contributed by atoms with Gasteiger partial charge in [-0.2, -0.15) is 0 Å². The third-order valence-corrected chi connectivity index (χ3v) is 2.17. The van der Waals surface area contributed by atoms with E-state index in [9.17, 15) is 0 Å². The SMILES string of the molecule is CNCCC(C)Oc1cccc(Cl)c1. The molecule has 0 radical (unpaired) electrons. The van der Waals surface area contributed by atoms with Gasteiger partial charge in [0.2, 0.25) is 0 Å². The lowest BCUT2D eigenvalue weighted by Gasteiger charge is -2.14. The van der Waals surface area contributed by atoms with Crippen molar-refractivity contribution < 1.29 is 4.74 Å². The average molecular weight is 214 g/mol. The van der Waals surface area contributed by atoms with Crippen LogP contribution in [-0.2, 0) is 0 Å². The zero-order valence-electron chi connectivity index (χ0n) is 8.59. The van der Waals surface area contributed by atoms with Gasteiger partial charge in [-0.25, -0.2) is 0 Å². The second-order valence-electron chi connectivity index (χ2n) is 3.28. The van der Waals surface area contributed by atoms with Crippen molar-refractivity contribution in [2.45, 2.75) is 19.4 Å². The van der Waals surface area contributed by atoms with Crippen molar-refractivity contribution in [3.05, 3.63) is 29.3 Å². The summed E-state index contributed by atoms with van der Waals surface area (Å²) in [4.78, 5) is 0. The normalized spacial score (nSPS) is 12.5. The average Bonchev–Trinajstić information content (AvgIpc) is 2.15. The van der Waals surface area contributed by atoms with E-state index in [-0.39, 0.29) is 6.10 Å². The minimum absolute atomic E-state index is 0.209. The molecule has 78 valence electrons. The number of hydrogen-bond donors (Lipinski definition) is 1. The number of halogens is 1. The molecule has 0 aromatic heterocycles. The van der Waals surface area contributed by atoms with Gasteiger partial charge in [-0.15, -0.1) is 0 Å². The molecule has 1 atom stereocenters. The largest absolute Gasteiger partial charge is 0.491 e. The summed E-state index contributed by atoms with van der Waals surface area (Å²) in [6, 6.07) is 7.48. The molecular weight excluding hydrogens is 198 g/mol. The van der Waals surface area contributed by atoms with Crippen LogP contribution in [-0.4, -0.2) is 19.7 Å². The Morgan fingerprint density at radius 1 is 1.50 bits per heavy atom. The molecule has 0 aliphatic carbocycles. The van der Waals surface area contributed by atoms with E-state index < -0.39 is 0 Å². The second-order valence-corrected chi connectivity index (χ2v) is 3.71. The Morgan fingerprint density at radius 2 is 2.29 bits per heavy atom. The number of hydrogen-bond acceptors (Lipinski definition) is 2. The Kier molecular flexibility index (Phi) is 4.77. The molecule has 1 aromatic rings. The van der Waals surface area contributed by atoms with Gasteiger partial charge < -0.3 is 10.1 Å². The zero-order chi connectivity index (χ0) is 10.4. The molecule has 0 saturated heterocycles. The molecule has 1 rings (SSSR count). The fourth-order valence-corrected chi connectivity index (χ4v) is 1.36. The van der Waals surface area contributed by atoms with Gasteiger partial charge in [0, 0.05) is 5.02 Å². The van der Waals surface area contributed by atoms with Crippen LogP contribution in [0.25, 0.3) is 0 Å². The van der Waals surface area contributed by atoms with Crippen LogP contribution in [0.3, 0.4) is 0 Å². The lowest BCUT2D eigenvalue weighted by molar-refractivity contribution is 0.211. The van der Waals surface area contributed by atoms with Crippen molar-refractivity contribution >= 4 is 11.6 Å². The molecular formula is C11H16ClNO. The van der Waals surface area contributed by atoms with Crippen LogP contribution in [0.1, 0.15) is 13.3 Å². The quantitative estimate of drug-likeness (QED) is 0.812. The predicted molar refractivity (Wildman–Crippen MR) is 60.1 cm³/mol. The van der Waals surface area contributed by atoms with Gasteiger partial charge in [0.1, 0.15) is 5.75 Å². The monoisotopic (exact) mass is 213 g/mol. The molecule has 0 bridgehead atoms. The molecule has 0 spiro atoms. The molecule has 0 heterocycles. The third kappa shape index (κ3) is 3.99. The van der Waals surface area contributed by atoms with Crippen LogP contribution in [0, 0.1) is 0 Å². The Labute approximate surface area is 90.2 Å². The van der Waals surface area contributed by atoms with Crippen LogP contribution in [0.15, 0.2) is 24.3 Å². The maximum Gasteiger partial charge on any atom is 0.121 e. The van der Waals surface area contributed by atoms with Crippen molar-refractivity contribution in [2.24, 2.45) is 0 Å². The van der Waals surface area contributed by atoms with Crippen LogP contribution in [0.2, 0.25) is 5.02 Å². The van der Waals surface area contributed by atoms with Crippen LogP contribution in [0.5, 0.6) is 5.75 Å². The van der Waals surface area contributed by atoms with Gasteiger partial charge in [-0.3, -0.25) is 0 Å². The molecule has 0 aliphatic heterocycles. The second kappa shape index (κ2) is 5.89. The van der Waals surface area contributed by atoms with E-state index in [1.165, 1.54) is 0 Å². The van der Waals surface area contributed by atoms with E-state index in [1.807, 2.05) is 31.3 Å². The Morgan fingerprint density at radius 3 is 2.93 bits per heavy atom. The fraction of sp³-hybridized carbons (Fsp3) is 0.455. The number of rotatable bonds is 5. The highest BCUT2D eigenvalue weighted by molar-refractivity contribution is 6.30. The highest BCUT2D eigenvalue weighted by Crippen LogP contribution is 2.18. The van der Waals surface area contributed by atoms with Crippen molar-refractivity contribution in [1.29, 1.82) is 0 Å². The molecule has 1 aromatic carbocycles. The topological polar surface area (TPSA) is 21.3 Å². The Hall–Kier alpha value is -0.730. The first kappa shape index (κ1) is 11.3. The molecule has 0 saturated carbocycles. The third-order valence-electron chi connectivity index (χ3n) is 1.93. The van der Waals surface area contributed by atoms with Crippen molar-refractivity contribution in [1.82, 2.24) is 5.32 Å². The summed E-state index contributed by atoms with van der Waals surface area (Å²) in [6.07, 6.45) is 1.20. The van der Waals surface area contributed by atoms with Crippen molar-refractivity contribution in [2.75, 3.05) is 13.6 Å². The smallest absolute Gasteiger partial charge is 0.121 e. The maximum atomic E-state index is 5.84. The summed E-state index contributed by atoms with van der Waals surface area (Å²) >= 11 is 5.84. The van der Waals surface area contributed by atoms with Gasteiger partial charge in [0.15, 0.2) is 0 Å². The maximum absolute atomic E-state index is 5.84. The van der Waals surface area contributed by atoms with Crippen LogP contribution in [0.4, 0.5) is 0 Å². The Balaban J connectivity index is 2.43. The first-order valence-electron chi connectivity index (χ1n) is 4.79. The van der Waals surface area contributed by atoms with E-state index in [1.54, 1.807) is 0 Å². The molecule has 0 fully saturated rings. The van der Waals surface area contributed by atoms with E-state index in [0.717, 1.165) is 18.7 Å². The van der Waals surface area contributed by atoms with Gasteiger partial charge >= 0.3 is 0 Å². The number of benzene rings is 1. The molecule has 1 N–H and O–H groups in total. The molecule has 0 amide bonds. The minimum atomic E-state index is 0.209. The predicted octanol–water partition coefficient (Wildman–Crippen LogP) is 2.72. The molecule has 14 heavy (non-hydrogen) atoms. The summed E-state index contributed by atoms with van der Waals surface area (Å²) in [7, 11) is 1.94. The lowest BCUT2D eigenvalue weighted by Crippen LogP contribution is -2.19. The summed E-state index contributed by atoms with van der Waals surface area (Å²) in [6.45, 7) is 3.01. The van der Waals surface area contributed by atoms with Crippen LogP contribution < -0.4 is 10.1 Å². The van der Waals surface area contributed by atoms with E-state index >= 15 is 0 Å². The van der Waals surface area contributed by atoms with Gasteiger partial charge in [-0.1, -0.05) is 17.7 Å². The van der Waals surface area contributed by atoms with Crippen molar-refractivity contribution in [3.63, 3.8) is 0 Å². The van der Waals surface area contributed by atoms with E-state index in [0.29, 0.717) is 5.02 Å². The highest BCUT2D eigenvalue weighted by Gasteiger charge is 2.03. The molecule has 0 aliphatic rings. The summed E-state index contributed by atoms with van der Waals surface area (Å²) in [5.74, 6) is 0.834. The first-order valence-corrected chi connectivity index (χ1v) is 5.17. The zero-order valence-corrected chi connectivity index (χ0v) is 9.34. The number of ether oxygens (including phenoxy) is 1. The summed E-state index contributed by atoms with van der Waals surface area (Å²) in [5, 5.41) is 3.80. The Bertz CT molecular complexity index is 278. The molecule has 3 heteroatoms. The summed E-state index contributed by atoms with van der Waals surface area (Å²) in [5.41, 5.74) is 0. The van der Waals surface area contributed by atoms with Gasteiger partial charge in [0.05, 0.1) is 6.10 Å². The number of nitrogens with one attached hydrogen (secondary N) is 1. The first-order chi connectivity index (χ1) is 6.72. The lowest BCUT2D eigenvalue weighted by atomic mass is 10.3. The summed E-state index contributed by atoms with van der Waals surface area (Å²) < 4.78 is 5.67. The van der Waals surface area contributed by atoms with Crippen molar-refractivity contribution in [3.8, 4) is 5.75 Å². The van der Waals surface area contributed by atoms with E-state index in [2.05, 4.69) is 12.2 Å². The molecule has 1 unspecified atom stereocenters.